The smallest absolute Gasteiger partial charge is 0.255 e. The van der Waals surface area contributed by atoms with Gasteiger partial charge in [0.25, 0.3) is 5.91 Å². The normalized spacial score (nSPS) is 10.7. The summed E-state index contributed by atoms with van der Waals surface area (Å²) >= 11 is 0. The van der Waals surface area contributed by atoms with E-state index in [4.69, 9.17) is 6.42 Å². The zero-order chi connectivity index (χ0) is 17.0. The predicted molar refractivity (Wildman–Crippen MR) is 92.0 cm³/mol. The SMILES string of the molecule is C#Cc1cccc(NC(=O)c2ccc(C)c(NS(C)(=O)=O)c2)c1. The minimum atomic E-state index is -3.41. The number of aryl methyl sites for hydroxylation is 1. The molecule has 0 aliphatic heterocycles. The van der Waals surface area contributed by atoms with E-state index in [2.05, 4.69) is 16.0 Å². The monoisotopic (exact) mass is 328 g/mol. The summed E-state index contributed by atoms with van der Waals surface area (Å²) in [7, 11) is -3.41. The van der Waals surface area contributed by atoms with Gasteiger partial charge in [0.15, 0.2) is 0 Å². The standard InChI is InChI=1S/C17H16N2O3S/c1-4-13-6-5-7-15(10-13)18-17(20)14-9-8-12(2)16(11-14)19-23(3,21)22/h1,5-11,19H,2-3H3,(H,18,20). The molecule has 0 aromatic heterocycles. The van der Waals surface area contributed by atoms with Gasteiger partial charge in [-0.25, -0.2) is 8.42 Å². The lowest BCUT2D eigenvalue weighted by molar-refractivity contribution is 0.102. The summed E-state index contributed by atoms with van der Waals surface area (Å²) in [5.41, 5.74) is 2.67. The fourth-order valence-corrected chi connectivity index (χ4v) is 2.58. The summed E-state index contributed by atoms with van der Waals surface area (Å²) in [6.07, 6.45) is 6.39. The van der Waals surface area contributed by atoms with E-state index in [1.807, 2.05) is 0 Å². The van der Waals surface area contributed by atoms with E-state index in [0.29, 0.717) is 22.5 Å². The molecule has 0 aliphatic carbocycles. The van der Waals surface area contributed by atoms with Gasteiger partial charge in [0, 0.05) is 16.8 Å². The Kier molecular flexibility index (Phi) is 4.72. The van der Waals surface area contributed by atoms with Gasteiger partial charge in [0.05, 0.1) is 11.9 Å². The minimum Gasteiger partial charge on any atom is -0.322 e. The fraction of sp³-hybridized carbons (Fsp3) is 0.118. The van der Waals surface area contributed by atoms with Crippen LogP contribution in [-0.4, -0.2) is 20.6 Å². The first kappa shape index (κ1) is 16.6. The summed E-state index contributed by atoms with van der Waals surface area (Å²) < 4.78 is 25.1. The minimum absolute atomic E-state index is 0.341. The molecule has 0 fully saturated rings. The van der Waals surface area contributed by atoms with Gasteiger partial charge in [0.2, 0.25) is 10.0 Å². The Morgan fingerprint density at radius 3 is 2.57 bits per heavy atom. The van der Waals surface area contributed by atoms with E-state index in [-0.39, 0.29) is 5.91 Å². The van der Waals surface area contributed by atoms with E-state index >= 15 is 0 Å². The molecular weight excluding hydrogens is 312 g/mol. The number of anilines is 2. The van der Waals surface area contributed by atoms with Crippen LogP contribution in [0.3, 0.4) is 0 Å². The highest BCUT2D eigenvalue weighted by Gasteiger charge is 2.11. The van der Waals surface area contributed by atoms with Crippen LogP contribution in [0, 0.1) is 19.3 Å². The van der Waals surface area contributed by atoms with Crippen molar-refractivity contribution in [2.45, 2.75) is 6.92 Å². The van der Waals surface area contributed by atoms with Crippen LogP contribution in [-0.2, 0) is 10.0 Å². The van der Waals surface area contributed by atoms with Crippen molar-refractivity contribution in [2.24, 2.45) is 0 Å². The Hall–Kier alpha value is -2.78. The topological polar surface area (TPSA) is 75.3 Å². The number of amides is 1. The number of sulfonamides is 1. The van der Waals surface area contributed by atoms with Crippen molar-refractivity contribution >= 4 is 27.3 Å². The van der Waals surface area contributed by atoms with Gasteiger partial charge in [-0.05, 0) is 42.8 Å². The fourth-order valence-electron chi connectivity index (χ4n) is 1.96. The second-order valence-corrected chi connectivity index (χ2v) is 6.83. The number of carbonyl (C=O) groups excluding carboxylic acids is 1. The van der Waals surface area contributed by atoms with Gasteiger partial charge in [-0.15, -0.1) is 6.42 Å². The van der Waals surface area contributed by atoms with Gasteiger partial charge in [-0.2, -0.15) is 0 Å². The molecule has 118 valence electrons. The maximum Gasteiger partial charge on any atom is 0.255 e. The molecule has 0 spiro atoms. The molecule has 1 amide bonds. The molecule has 0 aliphatic rings. The zero-order valence-electron chi connectivity index (χ0n) is 12.8. The maximum atomic E-state index is 12.3. The molecule has 5 nitrogen and oxygen atoms in total. The molecule has 0 saturated heterocycles. The van der Waals surface area contributed by atoms with Crippen molar-refractivity contribution < 1.29 is 13.2 Å². The van der Waals surface area contributed by atoms with E-state index < -0.39 is 10.0 Å². The molecule has 6 heteroatoms. The number of terminal acetylenes is 1. The average Bonchev–Trinajstić information content (AvgIpc) is 2.48. The number of nitrogens with one attached hydrogen (secondary N) is 2. The first-order valence-electron chi connectivity index (χ1n) is 6.75. The van der Waals surface area contributed by atoms with Crippen LogP contribution < -0.4 is 10.0 Å². The lowest BCUT2D eigenvalue weighted by Crippen LogP contribution is -2.14. The molecule has 0 heterocycles. The molecule has 0 bridgehead atoms. The Labute approximate surface area is 135 Å². The Morgan fingerprint density at radius 1 is 1.17 bits per heavy atom. The second-order valence-electron chi connectivity index (χ2n) is 5.08. The molecule has 0 radical (unpaired) electrons. The first-order chi connectivity index (χ1) is 10.8. The van der Waals surface area contributed by atoms with E-state index in [9.17, 15) is 13.2 Å². The van der Waals surface area contributed by atoms with Crippen LogP contribution in [0.5, 0.6) is 0 Å². The van der Waals surface area contributed by atoms with Crippen molar-refractivity contribution in [3.05, 3.63) is 59.2 Å². The number of rotatable bonds is 4. The van der Waals surface area contributed by atoms with Gasteiger partial charge in [0.1, 0.15) is 0 Å². The summed E-state index contributed by atoms with van der Waals surface area (Å²) in [6.45, 7) is 1.76. The third-order valence-electron chi connectivity index (χ3n) is 3.08. The number of hydrogen-bond donors (Lipinski definition) is 2. The highest BCUT2D eigenvalue weighted by Crippen LogP contribution is 2.19. The average molecular weight is 328 g/mol. The number of hydrogen-bond acceptors (Lipinski definition) is 3. The third kappa shape index (κ3) is 4.59. The molecular formula is C17H16N2O3S. The third-order valence-corrected chi connectivity index (χ3v) is 3.67. The maximum absolute atomic E-state index is 12.3. The highest BCUT2D eigenvalue weighted by molar-refractivity contribution is 7.92. The van der Waals surface area contributed by atoms with Gasteiger partial charge < -0.3 is 5.32 Å². The summed E-state index contributed by atoms with van der Waals surface area (Å²) in [4.78, 5) is 12.3. The van der Waals surface area contributed by atoms with Crippen LogP contribution in [0.2, 0.25) is 0 Å². The summed E-state index contributed by atoms with van der Waals surface area (Å²) in [6, 6.07) is 11.7. The largest absolute Gasteiger partial charge is 0.322 e. The summed E-state index contributed by atoms with van der Waals surface area (Å²) in [5.74, 6) is 2.14. The van der Waals surface area contributed by atoms with Gasteiger partial charge in [-0.3, -0.25) is 9.52 Å². The first-order valence-corrected chi connectivity index (χ1v) is 8.64. The van der Waals surface area contributed by atoms with E-state index in [1.165, 1.54) is 6.07 Å². The van der Waals surface area contributed by atoms with Crippen LogP contribution >= 0.6 is 0 Å². The molecule has 2 aromatic carbocycles. The van der Waals surface area contributed by atoms with Gasteiger partial charge >= 0.3 is 0 Å². The Bertz CT molecular complexity index is 896. The molecule has 0 saturated carbocycles. The molecule has 2 aromatic rings. The molecule has 23 heavy (non-hydrogen) atoms. The second kappa shape index (κ2) is 6.55. The lowest BCUT2D eigenvalue weighted by Gasteiger charge is -2.11. The van der Waals surface area contributed by atoms with E-state index in [1.54, 1.807) is 43.3 Å². The predicted octanol–water partition coefficient (Wildman–Crippen LogP) is 2.60. The van der Waals surface area contributed by atoms with E-state index in [0.717, 1.165) is 11.8 Å². The quantitative estimate of drug-likeness (QED) is 0.847. The summed E-state index contributed by atoms with van der Waals surface area (Å²) in [5, 5.41) is 2.73. The van der Waals surface area contributed by atoms with Crippen molar-refractivity contribution in [2.75, 3.05) is 16.3 Å². The molecule has 0 atom stereocenters. The van der Waals surface area contributed by atoms with Crippen molar-refractivity contribution in [1.82, 2.24) is 0 Å². The van der Waals surface area contributed by atoms with Crippen LogP contribution in [0.25, 0.3) is 0 Å². The Morgan fingerprint density at radius 2 is 1.91 bits per heavy atom. The van der Waals surface area contributed by atoms with Crippen molar-refractivity contribution in [3.63, 3.8) is 0 Å². The molecule has 2 N–H and O–H groups in total. The Balaban J connectivity index is 2.26. The number of benzene rings is 2. The number of carbonyl (C=O) groups is 1. The van der Waals surface area contributed by atoms with Crippen LogP contribution in [0.4, 0.5) is 11.4 Å². The van der Waals surface area contributed by atoms with Crippen LogP contribution in [0.1, 0.15) is 21.5 Å². The van der Waals surface area contributed by atoms with Crippen LogP contribution in [0.15, 0.2) is 42.5 Å². The highest BCUT2D eigenvalue weighted by atomic mass is 32.2. The van der Waals surface area contributed by atoms with Crippen molar-refractivity contribution in [1.29, 1.82) is 0 Å². The zero-order valence-corrected chi connectivity index (χ0v) is 13.6. The van der Waals surface area contributed by atoms with Crippen molar-refractivity contribution in [3.8, 4) is 12.3 Å². The lowest BCUT2D eigenvalue weighted by atomic mass is 10.1. The molecule has 0 unspecified atom stereocenters. The molecule has 2 rings (SSSR count). The van der Waals surface area contributed by atoms with Gasteiger partial charge in [-0.1, -0.05) is 18.1 Å².